The Morgan fingerprint density at radius 1 is 1.24 bits per heavy atom. The van der Waals surface area contributed by atoms with Gasteiger partial charge in [-0.25, -0.2) is 9.78 Å². The van der Waals surface area contributed by atoms with Crippen LogP contribution in [-0.4, -0.2) is 61.4 Å². The Kier molecular flexibility index (Phi) is 6.22. The van der Waals surface area contributed by atoms with Crippen molar-refractivity contribution >= 4 is 28.9 Å². The molecule has 12 heteroatoms. The fourth-order valence-corrected chi connectivity index (χ4v) is 4.43. The highest BCUT2D eigenvalue weighted by molar-refractivity contribution is 5.97. The van der Waals surface area contributed by atoms with Crippen LogP contribution in [0.5, 0.6) is 6.01 Å². The second-order valence-electron chi connectivity index (χ2n) is 9.41. The average molecular weight is 469 g/mol. The molecule has 1 atom stereocenters. The van der Waals surface area contributed by atoms with Crippen LogP contribution in [0.3, 0.4) is 0 Å². The topological polar surface area (TPSA) is 161 Å². The summed E-state index contributed by atoms with van der Waals surface area (Å²) in [5.74, 6) is -0.127. The van der Waals surface area contributed by atoms with E-state index in [1.807, 2.05) is 37.8 Å². The van der Waals surface area contributed by atoms with Gasteiger partial charge in [-0.2, -0.15) is 4.98 Å². The normalized spacial score (nSPS) is 15.8. The maximum atomic E-state index is 12.1. The van der Waals surface area contributed by atoms with Gasteiger partial charge in [0.25, 0.3) is 5.91 Å². The number of hydrogen-bond acceptors (Lipinski definition) is 8. The number of aromatic nitrogens is 5. The van der Waals surface area contributed by atoms with E-state index in [-0.39, 0.29) is 28.9 Å². The molecule has 2 aromatic heterocycles. The van der Waals surface area contributed by atoms with E-state index >= 15 is 0 Å². The van der Waals surface area contributed by atoms with Crippen LogP contribution in [0.15, 0.2) is 30.5 Å². The highest BCUT2D eigenvalue weighted by Gasteiger charge is 2.36. The molecule has 0 aliphatic carbocycles. The van der Waals surface area contributed by atoms with Crippen molar-refractivity contribution in [3.05, 3.63) is 36.0 Å². The molecule has 1 saturated heterocycles. The molecular formula is C22H28N8O4. The minimum absolute atomic E-state index is 0.00196. The zero-order valence-corrected chi connectivity index (χ0v) is 19.3. The predicted molar refractivity (Wildman–Crippen MR) is 123 cm³/mol. The summed E-state index contributed by atoms with van der Waals surface area (Å²) in [6, 6.07) is 7.08. The van der Waals surface area contributed by atoms with Crippen LogP contribution in [0.1, 0.15) is 44.0 Å². The number of rotatable bonds is 6. The number of nitrogens with one attached hydrogen (secondary N) is 1. The standard InChI is InChI=1S/C22H28N8O4/c1-22(2,3)17(25-21(32)33)13-8-10-29(11-9-13)19-14(18(23)31)12-24-20(26-19)34-30-16-7-5-4-6-15(16)27-28-30/h4-7,12-13,17,25H,8-11H2,1-3H3,(H2,23,31)(H,32,33). The zero-order valence-electron chi connectivity index (χ0n) is 19.3. The van der Waals surface area contributed by atoms with Gasteiger partial charge in [0.2, 0.25) is 0 Å². The zero-order chi connectivity index (χ0) is 24.5. The number of carbonyl (C=O) groups excluding carboxylic acids is 1. The van der Waals surface area contributed by atoms with Crippen molar-refractivity contribution in [3.8, 4) is 6.01 Å². The SMILES string of the molecule is CC(C)(C)C(NC(=O)O)C1CCN(c2nc(On3nnc4ccccc43)ncc2C(N)=O)CC1. The molecule has 3 aromatic rings. The molecule has 1 fully saturated rings. The van der Waals surface area contributed by atoms with Crippen LogP contribution in [0, 0.1) is 11.3 Å². The fourth-order valence-electron chi connectivity index (χ4n) is 4.43. The fraction of sp³-hybridized carbons (Fsp3) is 0.455. The van der Waals surface area contributed by atoms with Gasteiger partial charge < -0.3 is 25.9 Å². The summed E-state index contributed by atoms with van der Waals surface area (Å²) in [5.41, 5.74) is 6.83. The van der Waals surface area contributed by atoms with Gasteiger partial charge >= 0.3 is 12.1 Å². The molecule has 2 amide bonds. The van der Waals surface area contributed by atoms with Crippen LogP contribution < -0.4 is 20.8 Å². The molecule has 1 aliphatic heterocycles. The predicted octanol–water partition coefficient (Wildman–Crippen LogP) is 2.06. The van der Waals surface area contributed by atoms with Crippen molar-refractivity contribution in [2.75, 3.05) is 18.0 Å². The maximum absolute atomic E-state index is 12.1. The van der Waals surface area contributed by atoms with Gasteiger partial charge in [0.1, 0.15) is 22.4 Å². The van der Waals surface area contributed by atoms with Crippen molar-refractivity contribution < 1.29 is 19.5 Å². The number of para-hydroxylation sites is 1. The maximum Gasteiger partial charge on any atom is 0.404 e. The lowest BCUT2D eigenvalue weighted by Gasteiger charge is -2.42. The first-order valence-corrected chi connectivity index (χ1v) is 11.0. The third-order valence-electron chi connectivity index (χ3n) is 6.02. The van der Waals surface area contributed by atoms with Crippen LogP contribution in [-0.2, 0) is 0 Å². The third-order valence-corrected chi connectivity index (χ3v) is 6.02. The van der Waals surface area contributed by atoms with Crippen molar-refractivity contribution in [2.45, 2.75) is 39.7 Å². The lowest BCUT2D eigenvalue weighted by atomic mass is 9.75. The molecule has 180 valence electrons. The molecule has 1 aromatic carbocycles. The van der Waals surface area contributed by atoms with Gasteiger partial charge in [0.15, 0.2) is 0 Å². The molecule has 4 N–H and O–H groups in total. The summed E-state index contributed by atoms with van der Waals surface area (Å²) in [6.45, 7) is 7.20. The highest BCUT2D eigenvalue weighted by atomic mass is 16.7. The van der Waals surface area contributed by atoms with Gasteiger partial charge in [-0.3, -0.25) is 4.79 Å². The highest BCUT2D eigenvalue weighted by Crippen LogP contribution is 2.33. The molecule has 0 saturated carbocycles. The first kappa shape index (κ1) is 23.2. The molecule has 0 radical (unpaired) electrons. The molecule has 1 aliphatic rings. The smallest absolute Gasteiger partial charge is 0.404 e. The monoisotopic (exact) mass is 468 g/mol. The van der Waals surface area contributed by atoms with Crippen LogP contribution >= 0.6 is 0 Å². The number of benzene rings is 1. The van der Waals surface area contributed by atoms with Crippen LogP contribution in [0.2, 0.25) is 0 Å². The summed E-state index contributed by atoms with van der Waals surface area (Å²) >= 11 is 0. The number of nitrogens with two attached hydrogens (primary N) is 1. The molecule has 12 nitrogen and oxygen atoms in total. The average Bonchev–Trinajstić information content (AvgIpc) is 3.19. The summed E-state index contributed by atoms with van der Waals surface area (Å²) < 4.78 is 0. The Hall–Kier alpha value is -3.96. The van der Waals surface area contributed by atoms with Gasteiger partial charge in [-0.1, -0.05) is 37.7 Å². The molecule has 1 unspecified atom stereocenters. The summed E-state index contributed by atoms with van der Waals surface area (Å²) in [5, 5.41) is 20.0. The van der Waals surface area contributed by atoms with Crippen LogP contribution in [0.25, 0.3) is 11.0 Å². The van der Waals surface area contributed by atoms with Gasteiger partial charge in [0, 0.05) is 25.3 Å². The molecule has 0 spiro atoms. The number of hydrogen-bond donors (Lipinski definition) is 3. The quantitative estimate of drug-likeness (QED) is 0.491. The summed E-state index contributed by atoms with van der Waals surface area (Å²) in [7, 11) is 0. The van der Waals surface area contributed by atoms with Crippen molar-refractivity contribution in [1.29, 1.82) is 0 Å². The number of fused-ring (bicyclic) bond motifs is 1. The van der Waals surface area contributed by atoms with E-state index in [9.17, 15) is 14.7 Å². The molecule has 0 bridgehead atoms. The largest absolute Gasteiger partial charge is 0.465 e. The number of anilines is 1. The Bertz CT molecular complexity index is 1200. The number of amides is 2. The first-order valence-electron chi connectivity index (χ1n) is 11.0. The Labute approximate surface area is 196 Å². The summed E-state index contributed by atoms with van der Waals surface area (Å²) in [6.07, 6.45) is 1.74. The Morgan fingerprint density at radius 3 is 2.59 bits per heavy atom. The third kappa shape index (κ3) is 4.85. The molecule has 34 heavy (non-hydrogen) atoms. The van der Waals surface area contributed by atoms with E-state index in [0.717, 1.165) is 0 Å². The van der Waals surface area contributed by atoms with Crippen molar-refractivity contribution in [3.63, 3.8) is 0 Å². The number of carboxylic acid groups (broad SMARTS) is 1. The molecular weight excluding hydrogens is 440 g/mol. The van der Waals surface area contributed by atoms with Gasteiger partial charge in [-0.15, -0.1) is 5.10 Å². The lowest BCUT2D eigenvalue weighted by molar-refractivity contribution is 0.0999. The van der Waals surface area contributed by atoms with E-state index in [0.29, 0.717) is 42.8 Å². The number of carbonyl (C=O) groups is 2. The summed E-state index contributed by atoms with van der Waals surface area (Å²) in [4.78, 5) is 40.9. The van der Waals surface area contributed by atoms with Crippen LogP contribution in [0.4, 0.5) is 10.6 Å². The Balaban J connectivity index is 1.55. The number of piperidine rings is 1. The molecule has 3 heterocycles. The van der Waals surface area contributed by atoms with E-state index in [4.69, 9.17) is 10.6 Å². The number of primary amides is 1. The second-order valence-corrected chi connectivity index (χ2v) is 9.41. The second kappa shape index (κ2) is 9.12. The molecule has 4 rings (SSSR count). The number of nitrogens with zero attached hydrogens (tertiary/aromatic N) is 6. The Morgan fingerprint density at radius 2 is 1.94 bits per heavy atom. The van der Waals surface area contributed by atoms with E-state index in [1.165, 1.54) is 11.0 Å². The van der Waals surface area contributed by atoms with Crippen molar-refractivity contribution in [1.82, 2.24) is 30.4 Å². The minimum atomic E-state index is -1.03. The first-order chi connectivity index (χ1) is 16.1. The minimum Gasteiger partial charge on any atom is -0.465 e. The van der Waals surface area contributed by atoms with Gasteiger partial charge in [0.05, 0.1) is 0 Å². The van der Waals surface area contributed by atoms with E-state index < -0.39 is 12.0 Å². The van der Waals surface area contributed by atoms with Gasteiger partial charge in [-0.05, 0) is 41.5 Å². The lowest BCUT2D eigenvalue weighted by Crippen LogP contribution is -2.51. The van der Waals surface area contributed by atoms with Crippen molar-refractivity contribution in [2.24, 2.45) is 17.1 Å². The van der Waals surface area contributed by atoms with E-state index in [2.05, 4.69) is 25.6 Å². The van der Waals surface area contributed by atoms with E-state index in [1.54, 1.807) is 12.1 Å².